The third kappa shape index (κ3) is 4.99. The summed E-state index contributed by atoms with van der Waals surface area (Å²) in [7, 11) is 0. The molecule has 1 atom stereocenters. The van der Waals surface area contributed by atoms with Gasteiger partial charge in [-0.25, -0.2) is 0 Å². The van der Waals surface area contributed by atoms with Crippen LogP contribution in [0.15, 0.2) is 28.7 Å². The highest BCUT2D eigenvalue weighted by Gasteiger charge is 2.35. The lowest BCUT2D eigenvalue weighted by molar-refractivity contribution is -0.140. The molecule has 8 heteroatoms. The number of morpholine rings is 1. The minimum Gasteiger partial charge on any atom is -0.494 e. The normalized spacial score (nSPS) is 19.9. The predicted octanol–water partition coefficient (Wildman–Crippen LogP) is 2.74. The Kier molecular flexibility index (Phi) is 6.96. The summed E-state index contributed by atoms with van der Waals surface area (Å²) in [5.74, 6) is 2.05. The monoisotopic (exact) mass is 414 g/mol. The second kappa shape index (κ2) is 10.0. The number of ether oxygens (including phenoxy) is 2. The fourth-order valence-electron chi connectivity index (χ4n) is 3.93. The van der Waals surface area contributed by atoms with Crippen LogP contribution in [0.25, 0.3) is 11.5 Å². The predicted molar refractivity (Wildman–Crippen MR) is 111 cm³/mol. The Balaban J connectivity index is 1.36. The number of carbonyl (C=O) groups excluding carboxylic acids is 1. The van der Waals surface area contributed by atoms with Crippen LogP contribution < -0.4 is 4.74 Å². The molecule has 2 saturated heterocycles. The highest BCUT2D eigenvalue weighted by molar-refractivity contribution is 5.82. The molecular formula is C22H30N4O4. The third-order valence-electron chi connectivity index (χ3n) is 5.64. The summed E-state index contributed by atoms with van der Waals surface area (Å²) >= 11 is 0. The number of benzene rings is 1. The number of likely N-dealkylation sites (tertiary alicyclic amines) is 1. The maximum Gasteiger partial charge on any atom is 0.247 e. The third-order valence-corrected chi connectivity index (χ3v) is 5.64. The minimum atomic E-state index is -0.113. The van der Waals surface area contributed by atoms with E-state index in [2.05, 4.69) is 22.0 Å². The molecule has 0 radical (unpaired) electrons. The first kappa shape index (κ1) is 20.8. The van der Waals surface area contributed by atoms with Gasteiger partial charge in [-0.3, -0.25) is 9.69 Å². The van der Waals surface area contributed by atoms with Gasteiger partial charge in [-0.1, -0.05) is 13.3 Å². The number of rotatable bonds is 8. The molecule has 3 heterocycles. The lowest BCUT2D eigenvalue weighted by atomic mass is 10.2. The molecule has 0 unspecified atom stereocenters. The van der Waals surface area contributed by atoms with Gasteiger partial charge in [0.2, 0.25) is 17.7 Å². The van der Waals surface area contributed by atoms with Crippen molar-refractivity contribution in [3.63, 3.8) is 0 Å². The minimum absolute atomic E-state index is 0.113. The Morgan fingerprint density at radius 1 is 1.17 bits per heavy atom. The van der Waals surface area contributed by atoms with Gasteiger partial charge in [0.25, 0.3) is 0 Å². The van der Waals surface area contributed by atoms with Gasteiger partial charge in [-0.05, 0) is 50.1 Å². The van der Waals surface area contributed by atoms with Crippen LogP contribution >= 0.6 is 0 Å². The molecule has 1 amide bonds. The van der Waals surface area contributed by atoms with E-state index in [1.807, 2.05) is 29.2 Å². The number of unbranched alkanes of at least 4 members (excludes halogenated alkanes) is 1. The molecule has 2 aliphatic heterocycles. The molecule has 0 saturated carbocycles. The summed E-state index contributed by atoms with van der Waals surface area (Å²) < 4.78 is 17.0. The molecule has 2 aliphatic rings. The first-order valence-corrected chi connectivity index (χ1v) is 10.9. The van der Waals surface area contributed by atoms with Gasteiger partial charge >= 0.3 is 0 Å². The number of nitrogens with zero attached hydrogens (tertiary/aromatic N) is 4. The Morgan fingerprint density at radius 3 is 2.73 bits per heavy atom. The maximum absolute atomic E-state index is 12.9. The van der Waals surface area contributed by atoms with Crippen molar-refractivity contribution in [2.45, 2.75) is 45.2 Å². The Labute approximate surface area is 177 Å². The summed E-state index contributed by atoms with van der Waals surface area (Å²) in [5.41, 5.74) is 0.860. The van der Waals surface area contributed by atoms with Crippen molar-refractivity contribution in [1.29, 1.82) is 0 Å². The second-order valence-corrected chi connectivity index (χ2v) is 7.79. The molecule has 0 N–H and O–H groups in total. The first-order valence-electron chi connectivity index (χ1n) is 10.9. The van der Waals surface area contributed by atoms with Crippen molar-refractivity contribution >= 4 is 5.91 Å². The number of hydrogen-bond acceptors (Lipinski definition) is 7. The highest BCUT2D eigenvalue weighted by atomic mass is 16.5. The van der Waals surface area contributed by atoms with E-state index in [0.717, 1.165) is 50.1 Å². The Hall–Kier alpha value is -2.45. The van der Waals surface area contributed by atoms with Crippen LogP contribution in [0.5, 0.6) is 5.75 Å². The van der Waals surface area contributed by atoms with Crippen LogP contribution in [-0.4, -0.2) is 71.4 Å². The number of amides is 1. The lowest BCUT2D eigenvalue weighted by Crippen LogP contribution is -2.49. The van der Waals surface area contributed by atoms with Gasteiger partial charge in [0.15, 0.2) is 0 Å². The molecule has 8 nitrogen and oxygen atoms in total. The van der Waals surface area contributed by atoms with E-state index in [0.29, 0.717) is 44.6 Å². The average molecular weight is 415 g/mol. The van der Waals surface area contributed by atoms with Crippen LogP contribution in [0.4, 0.5) is 0 Å². The second-order valence-electron chi connectivity index (χ2n) is 7.79. The summed E-state index contributed by atoms with van der Waals surface area (Å²) in [6.07, 6.45) is 4.02. The quantitative estimate of drug-likeness (QED) is 0.615. The van der Waals surface area contributed by atoms with E-state index in [1.54, 1.807) is 0 Å². The average Bonchev–Trinajstić information content (AvgIpc) is 3.45. The zero-order chi connectivity index (χ0) is 20.8. The van der Waals surface area contributed by atoms with Crippen LogP contribution in [0.2, 0.25) is 0 Å². The van der Waals surface area contributed by atoms with Gasteiger partial charge < -0.3 is 18.8 Å². The standard InChI is InChI=1S/C22H30N4O4/c1-2-3-13-29-18-8-6-17(7-9-18)21-24-23-20(30-21)16-26-10-4-5-19(26)22(27)25-11-14-28-15-12-25/h6-9,19H,2-5,10-16H2,1H3/t19-/m0/s1. The van der Waals surface area contributed by atoms with Crippen LogP contribution in [0, 0.1) is 0 Å². The molecule has 162 valence electrons. The molecule has 0 bridgehead atoms. The molecular weight excluding hydrogens is 384 g/mol. The molecule has 0 aliphatic carbocycles. The molecule has 0 spiro atoms. The van der Waals surface area contributed by atoms with E-state index >= 15 is 0 Å². The number of carbonyl (C=O) groups is 1. The van der Waals surface area contributed by atoms with Crippen molar-refractivity contribution in [1.82, 2.24) is 20.0 Å². The summed E-state index contributed by atoms with van der Waals surface area (Å²) in [5, 5.41) is 8.41. The fraction of sp³-hybridized carbons (Fsp3) is 0.591. The number of hydrogen-bond donors (Lipinski definition) is 0. The molecule has 2 aromatic rings. The zero-order valence-corrected chi connectivity index (χ0v) is 17.6. The van der Waals surface area contributed by atoms with Crippen molar-refractivity contribution < 1.29 is 18.7 Å². The number of aromatic nitrogens is 2. The highest BCUT2D eigenvalue weighted by Crippen LogP contribution is 2.25. The molecule has 30 heavy (non-hydrogen) atoms. The molecule has 1 aromatic carbocycles. The largest absolute Gasteiger partial charge is 0.494 e. The summed E-state index contributed by atoms with van der Waals surface area (Å²) in [6, 6.07) is 7.59. The maximum atomic E-state index is 12.9. The summed E-state index contributed by atoms with van der Waals surface area (Å²) in [4.78, 5) is 17.0. The fourth-order valence-corrected chi connectivity index (χ4v) is 3.93. The van der Waals surface area contributed by atoms with Gasteiger partial charge in [-0.15, -0.1) is 10.2 Å². The van der Waals surface area contributed by atoms with Crippen molar-refractivity contribution in [2.75, 3.05) is 39.5 Å². The lowest BCUT2D eigenvalue weighted by Gasteiger charge is -2.32. The van der Waals surface area contributed by atoms with E-state index in [-0.39, 0.29) is 11.9 Å². The first-order chi connectivity index (χ1) is 14.7. The SMILES string of the molecule is CCCCOc1ccc(-c2nnc(CN3CCC[C@H]3C(=O)N3CCOCC3)o2)cc1. The van der Waals surface area contributed by atoms with Crippen molar-refractivity contribution in [3.8, 4) is 17.2 Å². The molecule has 4 rings (SSSR count). The molecule has 2 fully saturated rings. The summed E-state index contributed by atoms with van der Waals surface area (Å²) in [6.45, 7) is 6.80. The zero-order valence-electron chi connectivity index (χ0n) is 17.6. The van der Waals surface area contributed by atoms with E-state index in [9.17, 15) is 4.79 Å². The molecule has 1 aromatic heterocycles. The van der Waals surface area contributed by atoms with Gasteiger partial charge in [0.1, 0.15) is 5.75 Å². The topological polar surface area (TPSA) is 80.9 Å². The Bertz CT molecular complexity index is 817. The van der Waals surface area contributed by atoms with Crippen molar-refractivity contribution in [2.24, 2.45) is 0 Å². The van der Waals surface area contributed by atoms with Gasteiger partial charge in [0, 0.05) is 18.7 Å². The van der Waals surface area contributed by atoms with E-state index in [1.165, 1.54) is 0 Å². The van der Waals surface area contributed by atoms with Gasteiger partial charge in [0.05, 0.1) is 32.4 Å². The van der Waals surface area contributed by atoms with E-state index < -0.39 is 0 Å². The van der Waals surface area contributed by atoms with Crippen LogP contribution in [0.3, 0.4) is 0 Å². The smallest absolute Gasteiger partial charge is 0.247 e. The van der Waals surface area contributed by atoms with Gasteiger partial charge in [-0.2, -0.15) is 0 Å². The van der Waals surface area contributed by atoms with Crippen LogP contribution in [-0.2, 0) is 16.1 Å². The van der Waals surface area contributed by atoms with Crippen molar-refractivity contribution in [3.05, 3.63) is 30.2 Å². The van der Waals surface area contributed by atoms with Crippen LogP contribution in [0.1, 0.15) is 38.5 Å². The van der Waals surface area contributed by atoms with E-state index in [4.69, 9.17) is 13.9 Å². The Morgan fingerprint density at radius 2 is 1.97 bits per heavy atom.